The van der Waals surface area contributed by atoms with Crippen molar-refractivity contribution in [2.75, 3.05) is 4.81 Å². The summed E-state index contributed by atoms with van der Waals surface area (Å²) in [6.07, 6.45) is 6.33. The number of hydrogen-bond acceptors (Lipinski definition) is 3. The predicted molar refractivity (Wildman–Crippen MR) is 98.6 cm³/mol. The lowest BCUT2D eigenvalue weighted by Crippen LogP contribution is -2.50. The van der Waals surface area contributed by atoms with E-state index in [0.29, 0.717) is 0 Å². The molecule has 0 spiro atoms. The predicted octanol–water partition coefficient (Wildman–Crippen LogP) is 2.90. The van der Waals surface area contributed by atoms with Crippen LogP contribution in [0.1, 0.15) is 22.6 Å². The maximum absolute atomic E-state index is 5.97. The van der Waals surface area contributed by atoms with Gasteiger partial charge in [0.25, 0.3) is 5.82 Å². The highest BCUT2D eigenvalue weighted by Crippen LogP contribution is 2.25. The summed E-state index contributed by atoms with van der Waals surface area (Å²) in [4.78, 5) is 6.83. The minimum Gasteiger partial charge on any atom is -0.439 e. The van der Waals surface area contributed by atoms with E-state index in [2.05, 4.69) is 66.6 Å². The van der Waals surface area contributed by atoms with E-state index in [4.69, 9.17) is 4.42 Å². The number of aromatic nitrogens is 2. The molecule has 3 aromatic rings. The molecule has 4 heterocycles. The molecule has 0 radical (unpaired) electrons. The number of pyridine rings is 2. The van der Waals surface area contributed by atoms with Crippen molar-refractivity contribution < 1.29 is 8.98 Å². The molecule has 0 amide bonds. The molecule has 4 nitrogen and oxygen atoms in total. The molecule has 120 valence electrons. The zero-order chi connectivity index (χ0) is 17.0. The molecule has 0 atom stereocenters. The number of anilines is 1. The largest absolute Gasteiger partial charge is 0.439 e. The van der Waals surface area contributed by atoms with Crippen molar-refractivity contribution in [1.29, 1.82) is 0 Å². The molecule has 0 N–H and O–H groups in total. The van der Waals surface area contributed by atoms with Gasteiger partial charge in [0, 0.05) is 28.7 Å². The van der Waals surface area contributed by atoms with Crippen LogP contribution in [0.3, 0.4) is 0 Å². The Hall–Kier alpha value is -2.56. The van der Waals surface area contributed by atoms with Crippen molar-refractivity contribution >= 4 is 35.3 Å². The van der Waals surface area contributed by atoms with Crippen LogP contribution in [0.15, 0.2) is 35.0 Å². The smallest absolute Gasteiger partial charge is 0.413 e. The van der Waals surface area contributed by atoms with Gasteiger partial charge in [0.2, 0.25) is 5.71 Å². The first kappa shape index (κ1) is 15.0. The maximum atomic E-state index is 5.97. The molecule has 4 rings (SSSR count). The zero-order valence-corrected chi connectivity index (χ0v) is 14.8. The average Bonchev–Trinajstić information content (AvgIpc) is 2.90. The fraction of sp³-hybridized carbons (Fsp3) is 0.263. The Balaban J connectivity index is 1.86. The van der Waals surface area contributed by atoms with Gasteiger partial charge in [0.05, 0.1) is 19.4 Å². The van der Waals surface area contributed by atoms with Gasteiger partial charge in [0.1, 0.15) is 5.76 Å². The van der Waals surface area contributed by atoms with Crippen molar-refractivity contribution in [3.05, 3.63) is 53.2 Å². The molecule has 0 fully saturated rings. The molecule has 1 aliphatic heterocycles. The van der Waals surface area contributed by atoms with E-state index in [1.54, 1.807) is 0 Å². The van der Waals surface area contributed by atoms with Gasteiger partial charge < -0.3 is 4.42 Å². The minimum atomic E-state index is 0.184. The first-order chi connectivity index (χ1) is 11.5. The maximum Gasteiger partial charge on any atom is 0.413 e. The van der Waals surface area contributed by atoms with Gasteiger partial charge >= 0.3 is 6.85 Å². The molecule has 0 saturated carbocycles. The van der Waals surface area contributed by atoms with E-state index in [0.717, 1.165) is 22.6 Å². The number of aryl methyl sites for hydroxylation is 4. The first-order valence-corrected chi connectivity index (χ1v) is 8.29. The monoisotopic (exact) mass is 318 g/mol. The number of furan rings is 1. The molecule has 0 unspecified atom stereocenters. The van der Waals surface area contributed by atoms with Crippen LogP contribution in [-0.4, -0.2) is 11.8 Å². The number of rotatable bonds is 1. The lowest BCUT2D eigenvalue weighted by atomic mass is 9.54. The molecule has 3 aromatic heterocycles. The van der Waals surface area contributed by atoms with Gasteiger partial charge in [0.15, 0.2) is 0 Å². The van der Waals surface area contributed by atoms with Crippen LogP contribution in [0.5, 0.6) is 0 Å². The van der Waals surface area contributed by atoms with E-state index >= 15 is 0 Å². The van der Waals surface area contributed by atoms with E-state index in [-0.39, 0.29) is 6.85 Å². The number of nitrogens with zero attached hydrogens (tertiary/aromatic N) is 3. The van der Waals surface area contributed by atoms with Crippen LogP contribution >= 0.6 is 0 Å². The Morgan fingerprint density at radius 2 is 1.96 bits per heavy atom. The van der Waals surface area contributed by atoms with Crippen LogP contribution in [-0.2, 0) is 7.05 Å². The van der Waals surface area contributed by atoms with Gasteiger partial charge in [-0.2, -0.15) is 0 Å². The van der Waals surface area contributed by atoms with Crippen molar-refractivity contribution in [1.82, 2.24) is 4.98 Å². The summed E-state index contributed by atoms with van der Waals surface area (Å²) in [6.45, 7) is 8.69. The van der Waals surface area contributed by atoms with E-state index in [1.165, 1.54) is 22.4 Å². The second kappa shape index (κ2) is 5.23. The summed E-state index contributed by atoms with van der Waals surface area (Å²) in [6, 6.07) is 6.41. The number of hydrogen-bond donors (Lipinski definition) is 0. The SMILES string of the molecule is CB1c2c(oc3nc(C)ccc23)C=CN1c1cc(C)c(C)c[n+]1C. The molecule has 0 aromatic carbocycles. The van der Waals surface area contributed by atoms with E-state index < -0.39 is 0 Å². The molecule has 1 aliphatic rings. The zero-order valence-electron chi connectivity index (χ0n) is 14.8. The third-order valence-corrected chi connectivity index (χ3v) is 4.96. The fourth-order valence-corrected chi connectivity index (χ4v) is 3.48. The third kappa shape index (κ3) is 2.15. The quantitative estimate of drug-likeness (QED) is 0.511. The van der Waals surface area contributed by atoms with Gasteiger partial charge in [-0.15, -0.1) is 0 Å². The molecule has 0 saturated heterocycles. The van der Waals surface area contributed by atoms with Crippen LogP contribution in [0.25, 0.3) is 17.2 Å². The Bertz CT molecular complexity index is 990. The van der Waals surface area contributed by atoms with E-state index in [1.807, 2.05) is 19.1 Å². The van der Waals surface area contributed by atoms with Gasteiger partial charge in [-0.1, -0.05) is 0 Å². The summed E-state index contributed by atoms with van der Waals surface area (Å²) < 4.78 is 8.15. The summed E-state index contributed by atoms with van der Waals surface area (Å²) in [5.41, 5.74) is 5.50. The first-order valence-electron chi connectivity index (χ1n) is 8.29. The minimum absolute atomic E-state index is 0.184. The summed E-state index contributed by atoms with van der Waals surface area (Å²) >= 11 is 0. The Kier molecular flexibility index (Phi) is 3.27. The highest BCUT2D eigenvalue weighted by atomic mass is 16.3. The standard InChI is InChI=1S/C19H21BN3O/c1-12-10-17(22(5)11-13(12)2)23-9-8-16-18(20(23)4)15-7-6-14(3)21-19(15)24-16/h6-11H,1-5H3/q+1. The Morgan fingerprint density at radius 1 is 1.17 bits per heavy atom. The fourth-order valence-electron chi connectivity index (χ4n) is 3.48. The van der Waals surface area contributed by atoms with Crippen molar-refractivity contribution in [2.45, 2.75) is 27.6 Å². The molecular weight excluding hydrogens is 297 g/mol. The Labute approximate surface area is 142 Å². The van der Waals surface area contributed by atoms with Gasteiger partial charge in [-0.05, 0) is 50.9 Å². The summed E-state index contributed by atoms with van der Waals surface area (Å²) in [5.74, 6) is 2.08. The Morgan fingerprint density at radius 3 is 2.75 bits per heavy atom. The van der Waals surface area contributed by atoms with Crippen LogP contribution in [0.4, 0.5) is 5.82 Å². The van der Waals surface area contributed by atoms with Crippen LogP contribution in [0.2, 0.25) is 6.82 Å². The lowest BCUT2D eigenvalue weighted by Gasteiger charge is -2.22. The second-order valence-electron chi connectivity index (χ2n) is 6.69. The topological polar surface area (TPSA) is 33.2 Å². The normalized spacial score (nSPS) is 13.7. The third-order valence-electron chi connectivity index (χ3n) is 4.96. The molecule has 0 aliphatic carbocycles. The number of fused-ring (bicyclic) bond motifs is 3. The van der Waals surface area contributed by atoms with Crippen LogP contribution < -0.4 is 14.8 Å². The van der Waals surface area contributed by atoms with Crippen molar-refractivity contribution in [3.63, 3.8) is 0 Å². The van der Waals surface area contributed by atoms with Crippen molar-refractivity contribution in [3.8, 4) is 0 Å². The lowest BCUT2D eigenvalue weighted by molar-refractivity contribution is -0.658. The molecule has 24 heavy (non-hydrogen) atoms. The second-order valence-corrected chi connectivity index (χ2v) is 6.69. The highest BCUT2D eigenvalue weighted by Gasteiger charge is 2.37. The molecule has 5 heteroatoms. The van der Waals surface area contributed by atoms with Gasteiger partial charge in [-0.25, -0.2) is 9.55 Å². The van der Waals surface area contributed by atoms with Gasteiger partial charge in [-0.3, -0.25) is 4.81 Å². The highest BCUT2D eigenvalue weighted by molar-refractivity contribution is 6.79. The molecule has 0 bridgehead atoms. The average molecular weight is 318 g/mol. The van der Waals surface area contributed by atoms with Crippen LogP contribution in [0, 0.1) is 20.8 Å². The summed E-state index contributed by atoms with van der Waals surface area (Å²) in [7, 11) is 2.09. The van der Waals surface area contributed by atoms with Crippen molar-refractivity contribution in [2.24, 2.45) is 7.05 Å². The summed E-state index contributed by atoms with van der Waals surface area (Å²) in [5, 5.41) is 1.10. The molecular formula is C19H21BN3O+. The van der Waals surface area contributed by atoms with E-state index in [9.17, 15) is 0 Å².